The minimum absolute atomic E-state index is 0.0984. The van der Waals surface area contributed by atoms with E-state index in [9.17, 15) is 4.79 Å². The minimum Gasteiger partial charge on any atom is -0.486 e. The zero-order valence-electron chi connectivity index (χ0n) is 14.2. The van der Waals surface area contributed by atoms with Crippen molar-refractivity contribution in [2.24, 2.45) is 0 Å². The summed E-state index contributed by atoms with van der Waals surface area (Å²) in [6.45, 7) is 2.81. The van der Waals surface area contributed by atoms with E-state index >= 15 is 0 Å². The predicted octanol–water partition coefficient (Wildman–Crippen LogP) is 6.40. The topological polar surface area (TPSA) is 29.5 Å². The molecule has 2 aromatic carbocycles. The molecule has 8 heteroatoms. The molecule has 1 heterocycles. The van der Waals surface area contributed by atoms with Crippen molar-refractivity contribution in [1.29, 1.82) is 0 Å². The number of hydrogen-bond donors (Lipinski definition) is 0. The molecule has 0 spiro atoms. The first kappa shape index (κ1) is 20.9. The molecule has 1 fully saturated rings. The molecule has 0 N–H and O–H groups in total. The van der Waals surface area contributed by atoms with Crippen LogP contribution in [-0.2, 0) is 11.4 Å². The summed E-state index contributed by atoms with van der Waals surface area (Å²) >= 11 is 21.5. The number of thiocarbonyl (C=S) groups is 1. The van der Waals surface area contributed by atoms with E-state index in [2.05, 4.69) is 22.6 Å². The number of carbonyl (C=O) groups excluding carboxylic acids is 1. The number of carbonyl (C=O) groups is 1. The van der Waals surface area contributed by atoms with Crippen LogP contribution in [0.15, 0.2) is 41.3 Å². The van der Waals surface area contributed by atoms with Gasteiger partial charge in [-0.15, -0.1) is 0 Å². The van der Waals surface area contributed by atoms with Crippen LogP contribution < -0.4 is 4.74 Å². The van der Waals surface area contributed by atoms with Gasteiger partial charge in [-0.1, -0.05) is 59.3 Å². The van der Waals surface area contributed by atoms with Gasteiger partial charge in [0, 0.05) is 10.1 Å². The van der Waals surface area contributed by atoms with E-state index in [0.717, 1.165) is 14.7 Å². The third-order valence-corrected chi connectivity index (χ3v) is 6.46. The molecular weight excluding hydrogens is 536 g/mol. The summed E-state index contributed by atoms with van der Waals surface area (Å²) < 4.78 is 7.52. The SMILES string of the molecule is CCN1C(=O)/C(=C/c2cc(Cl)c(OCc3ccc(I)cc3)c(Cl)c2)SC1=S. The third-order valence-electron chi connectivity index (χ3n) is 3.80. The van der Waals surface area contributed by atoms with E-state index in [0.29, 0.717) is 38.2 Å². The van der Waals surface area contributed by atoms with Crippen molar-refractivity contribution < 1.29 is 9.53 Å². The normalized spacial score (nSPS) is 15.7. The lowest BCUT2D eigenvalue weighted by atomic mass is 10.2. The molecule has 1 aliphatic rings. The van der Waals surface area contributed by atoms with Crippen LogP contribution in [0.4, 0.5) is 0 Å². The first-order valence-corrected chi connectivity index (χ1v) is 11.1. The molecular formula is C19H14Cl2INO2S2. The molecule has 0 radical (unpaired) electrons. The van der Waals surface area contributed by atoms with Crippen LogP contribution in [0.1, 0.15) is 18.1 Å². The molecule has 0 bridgehead atoms. The lowest BCUT2D eigenvalue weighted by Crippen LogP contribution is -2.27. The Morgan fingerprint density at radius 1 is 1.22 bits per heavy atom. The molecule has 0 aliphatic carbocycles. The standard InChI is InChI=1S/C19H14Cl2INO2S2/c1-2-23-18(24)16(27-19(23)26)9-12-7-14(20)17(15(21)8-12)25-10-11-3-5-13(22)6-4-11/h3-9H,2,10H2,1H3/b16-9-. The second-order valence-electron chi connectivity index (χ2n) is 5.65. The third kappa shape index (κ3) is 4.98. The number of benzene rings is 2. The molecule has 0 saturated carbocycles. The zero-order chi connectivity index (χ0) is 19.6. The zero-order valence-corrected chi connectivity index (χ0v) is 19.5. The summed E-state index contributed by atoms with van der Waals surface area (Å²) in [4.78, 5) is 14.4. The maximum Gasteiger partial charge on any atom is 0.266 e. The van der Waals surface area contributed by atoms with Crippen LogP contribution in [0, 0.1) is 3.57 Å². The summed E-state index contributed by atoms with van der Waals surface area (Å²) in [5.41, 5.74) is 1.75. The van der Waals surface area contributed by atoms with Gasteiger partial charge in [0.05, 0.1) is 15.0 Å². The second kappa shape index (κ2) is 9.13. The van der Waals surface area contributed by atoms with E-state index < -0.39 is 0 Å². The van der Waals surface area contributed by atoms with Crippen LogP contribution in [0.3, 0.4) is 0 Å². The number of amides is 1. The molecule has 3 rings (SSSR count). The monoisotopic (exact) mass is 549 g/mol. The average molecular weight is 550 g/mol. The number of ether oxygens (including phenoxy) is 1. The fourth-order valence-corrected chi connectivity index (χ4v) is 4.82. The maximum absolute atomic E-state index is 12.3. The summed E-state index contributed by atoms with van der Waals surface area (Å²) in [7, 11) is 0. The van der Waals surface area contributed by atoms with Crippen molar-refractivity contribution in [3.63, 3.8) is 0 Å². The van der Waals surface area contributed by atoms with Gasteiger partial charge in [0.15, 0.2) is 5.75 Å². The molecule has 1 saturated heterocycles. The molecule has 0 unspecified atom stereocenters. The van der Waals surface area contributed by atoms with Crippen LogP contribution in [-0.4, -0.2) is 21.7 Å². The summed E-state index contributed by atoms with van der Waals surface area (Å²) in [6, 6.07) is 11.5. The van der Waals surface area contributed by atoms with E-state index in [1.165, 1.54) is 11.8 Å². The molecule has 0 aromatic heterocycles. The van der Waals surface area contributed by atoms with Crippen LogP contribution in [0.2, 0.25) is 10.0 Å². The Balaban J connectivity index is 1.79. The fourth-order valence-electron chi connectivity index (χ4n) is 2.46. The first-order chi connectivity index (χ1) is 12.9. The minimum atomic E-state index is -0.0984. The number of hydrogen-bond acceptors (Lipinski definition) is 4. The Hall–Kier alpha value is -0.800. The number of nitrogens with zero attached hydrogens (tertiary/aromatic N) is 1. The van der Waals surface area contributed by atoms with Gasteiger partial charge in [0.25, 0.3) is 5.91 Å². The second-order valence-corrected chi connectivity index (χ2v) is 9.39. The average Bonchev–Trinajstić information content (AvgIpc) is 2.88. The van der Waals surface area contributed by atoms with Crippen LogP contribution >= 0.6 is 69.8 Å². The van der Waals surface area contributed by atoms with Gasteiger partial charge < -0.3 is 4.74 Å². The van der Waals surface area contributed by atoms with E-state index in [1.54, 1.807) is 23.1 Å². The Labute approximate surface area is 191 Å². The predicted molar refractivity (Wildman–Crippen MR) is 126 cm³/mol. The van der Waals surface area contributed by atoms with Gasteiger partial charge in [0.2, 0.25) is 0 Å². The van der Waals surface area contributed by atoms with E-state index in [4.69, 9.17) is 40.2 Å². The van der Waals surface area contributed by atoms with Gasteiger partial charge in [-0.2, -0.15) is 0 Å². The summed E-state index contributed by atoms with van der Waals surface area (Å²) in [5, 5.41) is 0.787. The van der Waals surface area contributed by atoms with Crippen molar-refractivity contribution in [2.75, 3.05) is 6.54 Å². The van der Waals surface area contributed by atoms with Gasteiger partial charge in [-0.05, 0) is 71.0 Å². The fraction of sp³-hybridized carbons (Fsp3) is 0.158. The Bertz CT molecular complexity index is 909. The van der Waals surface area contributed by atoms with Crippen molar-refractivity contribution in [3.8, 4) is 5.75 Å². The lowest BCUT2D eigenvalue weighted by Gasteiger charge is -2.11. The van der Waals surface area contributed by atoms with Gasteiger partial charge in [0.1, 0.15) is 10.9 Å². The molecule has 2 aromatic rings. The summed E-state index contributed by atoms with van der Waals surface area (Å²) in [5.74, 6) is 0.328. The molecule has 27 heavy (non-hydrogen) atoms. The molecule has 3 nitrogen and oxygen atoms in total. The number of likely N-dealkylation sites (N-methyl/N-ethyl adjacent to an activating group) is 1. The van der Waals surface area contributed by atoms with Crippen molar-refractivity contribution in [3.05, 3.63) is 66.0 Å². The Kier molecular flexibility index (Phi) is 7.08. The Morgan fingerprint density at radius 2 is 1.85 bits per heavy atom. The molecule has 140 valence electrons. The van der Waals surface area contributed by atoms with Crippen LogP contribution in [0.25, 0.3) is 6.08 Å². The number of halogens is 3. The number of rotatable bonds is 5. The van der Waals surface area contributed by atoms with E-state index in [1.807, 2.05) is 31.2 Å². The van der Waals surface area contributed by atoms with Gasteiger partial charge in [-0.25, -0.2) is 0 Å². The highest BCUT2D eigenvalue weighted by molar-refractivity contribution is 14.1. The van der Waals surface area contributed by atoms with Crippen molar-refractivity contribution in [1.82, 2.24) is 4.90 Å². The first-order valence-electron chi connectivity index (χ1n) is 8.00. The molecule has 1 amide bonds. The van der Waals surface area contributed by atoms with Crippen LogP contribution in [0.5, 0.6) is 5.75 Å². The highest BCUT2D eigenvalue weighted by Crippen LogP contribution is 2.37. The van der Waals surface area contributed by atoms with Crippen molar-refractivity contribution in [2.45, 2.75) is 13.5 Å². The molecule has 0 atom stereocenters. The quantitative estimate of drug-likeness (QED) is 0.245. The Morgan fingerprint density at radius 3 is 2.41 bits per heavy atom. The highest BCUT2D eigenvalue weighted by Gasteiger charge is 2.30. The van der Waals surface area contributed by atoms with Gasteiger partial charge >= 0.3 is 0 Å². The molecule has 1 aliphatic heterocycles. The van der Waals surface area contributed by atoms with Crippen molar-refractivity contribution >= 4 is 86.1 Å². The van der Waals surface area contributed by atoms with E-state index in [-0.39, 0.29) is 5.91 Å². The smallest absolute Gasteiger partial charge is 0.266 e. The highest BCUT2D eigenvalue weighted by atomic mass is 127. The maximum atomic E-state index is 12.3. The summed E-state index contributed by atoms with van der Waals surface area (Å²) in [6.07, 6.45) is 1.75. The lowest BCUT2D eigenvalue weighted by molar-refractivity contribution is -0.121. The van der Waals surface area contributed by atoms with Gasteiger partial charge in [-0.3, -0.25) is 9.69 Å². The largest absolute Gasteiger partial charge is 0.486 e. The number of thioether (sulfide) groups is 1.